The van der Waals surface area contributed by atoms with Gasteiger partial charge in [-0.2, -0.15) is 0 Å². The fourth-order valence-corrected chi connectivity index (χ4v) is 2.42. The molecule has 0 spiro atoms. The minimum atomic E-state index is 0.282. The molecule has 0 aliphatic carbocycles. The number of thiocarbonyl (C=S) groups is 1. The minimum absolute atomic E-state index is 0.282. The third-order valence-corrected chi connectivity index (χ3v) is 3.45. The summed E-state index contributed by atoms with van der Waals surface area (Å²) in [5.41, 5.74) is 8.97. The fourth-order valence-electron chi connectivity index (χ4n) is 1.98. The summed E-state index contributed by atoms with van der Waals surface area (Å²) in [5, 5.41) is 0.673. The van der Waals surface area contributed by atoms with Crippen LogP contribution in [0.3, 0.4) is 0 Å². The number of nitrogens with zero attached hydrogens (tertiary/aromatic N) is 1. The smallest absolute Gasteiger partial charge is 0.133 e. The highest BCUT2D eigenvalue weighted by Gasteiger charge is 2.13. The summed E-state index contributed by atoms with van der Waals surface area (Å²) in [5.74, 6) is 0.641. The maximum absolute atomic E-state index is 6.11. The number of rotatable bonds is 4. The molecule has 0 bridgehead atoms. The van der Waals surface area contributed by atoms with Crippen molar-refractivity contribution >= 4 is 28.8 Å². The van der Waals surface area contributed by atoms with E-state index in [-0.39, 0.29) is 4.99 Å². The van der Waals surface area contributed by atoms with Crippen molar-refractivity contribution in [3.63, 3.8) is 0 Å². The van der Waals surface area contributed by atoms with Crippen molar-refractivity contribution in [1.29, 1.82) is 0 Å². The second-order valence-electron chi connectivity index (χ2n) is 4.47. The van der Waals surface area contributed by atoms with Crippen LogP contribution in [0.5, 0.6) is 5.75 Å². The predicted molar refractivity (Wildman–Crippen MR) is 85.4 cm³/mol. The lowest BCUT2D eigenvalue weighted by Gasteiger charge is -2.14. The Balaban J connectivity index is 2.30. The molecule has 0 aliphatic heterocycles. The number of aryl methyl sites for hydroxylation is 2. The van der Waals surface area contributed by atoms with Crippen LogP contribution in [0.15, 0.2) is 30.3 Å². The summed E-state index contributed by atoms with van der Waals surface area (Å²) >= 11 is 11.2. The maximum atomic E-state index is 6.11. The molecular weight excluding hydrogens is 292 g/mol. The lowest BCUT2D eigenvalue weighted by atomic mass is 10.1. The molecule has 0 saturated carbocycles. The normalized spacial score (nSPS) is 10.3. The standard InChI is InChI=1S/C15H15ClN2OS/c1-9-7-13(14(15(17)20)10(2)18-9)19-8-11-5-3-4-6-12(11)16/h3-7H,8H2,1-2H3,(H2,17,20). The quantitative estimate of drug-likeness (QED) is 0.877. The lowest BCUT2D eigenvalue weighted by Crippen LogP contribution is -2.15. The van der Waals surface area contributed by atoms with E-state index in [0.717, 1.165) is 17.0 Å². The first-order chi connectivity index (χ1) is 9.49. The van der Waals surface area contributed by atoms with E-state index in [9.17, 15) is 0 Å². The summed E-state index contributed by atoms with van der Waals surface area (Å²) in [7, 11) is 0. The Morgan fingerprint density at radius 1 is 1.35 bits per heavy atom. The highest BCUT2D eigenvalue weighted by Crippen LogP contribution is 2.24. The third kappa shape index (κ3) is 3.26. The van der Waals surface area contributed by atoms with Gasteiger partial charge in [0.15, 0.2) is 0 Å². The lowest BCUT2D eigenvalue weighted by molar-refractivity contribution is 0.305. The molecule has 0 radical (unpaired) electrons. The molecule has 0 fully saturated rings. The molecule has 1 heterocycles. The van der Waals surface area contributed by atoms with Gasteiger partial charge in [0.1, 0.15) is 17.3 Å². The Morgan fingerprint density at radius 3 is 2.70 bits per heavy atom. The van der Waals surface area contributed by atoms with E-state index in [1.807, 2.05) is 44.2 Å². The van der Waals surface area contributed by atoms with E-state index in [2.05, 4.69) is 4.98 Å². The molecule has 0 saturated heterocycles. The number of aromatic nitrogens is 1. The molecule has 2 N–H and O–H groups in total. The van der Waals surface area contributed by atoms with Crippen LogP contribution in [0.25, 0.3) is 0 Å². The number of ether oxygens (including phenoxy) is 1. The fraction of sp³-hybridized carbons (Fsp3) is 0.200. The molecule has 1 aromatic carbocycles. The van der Waals surface area contributed by atoms with E-state index in [1.54, 1.807) is 0 Å². The molecule has 1 aromatic heterocycles. The molecular formula is C15H15ClN2OS. The van der Waals surface area contributed by atoms with Crippen LogP contribution in [0, 0.1) is 13.8 Å². The van der Waals surface area contributed by atoms with Gasteiger partial charge in [0, 0.05) is 22.3 Å². The third-order valence-electron chi connectivity index (χ3n) is 2.88. The molecule has 0 unspecified atom stereocenters. The summed E-state index contributed by atoms with van der Waals surface area (Å²) in [4.78, 5) is 4.64. The second kappa shape index (κ2) is 6.20. The van der Waals surface area contributed by atoms with E-state index in [1.165, 1.54) is 0 Å². The van der Waals surface area contributed by atoms with Crippen molar-refractivity contribution in [2.75, 3.05) is 0 Å². The van der Waals surface area contributed by atoms with Crippen LogP contribution < -0.4 is 10.5 Å². The van der Waals surface area contributed by atoms with Gasteiger partial charge in [0.2, 0.25) is 0 Å². The van der Waals surface area contributed by atoms with Gasteiger partial charge < -0.3 is 10.5 Å². The van der Waals surface area contributed by atoms with E-state index < -0.39 is 0 Å². The Morgan fingerprint density at radius 2 is 2.05 bits per heavy atom. The van der Waals surface area contributed by atoms with Gasteiger partial charge >= 0.3 is 0 Å². The first kappa shape index (κ1) is 14.8. The Kier molecular flexibility index (Phi) is 4.57. The number of benzene rings is 1. The van der Waals surface area contributed by atoms with Gasteiger partial charge in [-0.05, 0) is 19.9 Å². The Bertz CT molecular complexity index is 658. The summed E-state index contributed by atoms with van der Waals surface area (Å²) < 4.78 is 5.84. The number of hydrogen-bond acceptors (Lipinski definition) is 3. The van der Waals surface area contributed by atoms with Gasteiger partial charge in [-0.3, -0.25) is 4.98 Å². The average molecular weight is 307 g/mol. The molecule has 5 heteroatoms. The molecule has 0 amide bonds. The highest BCUT2D eigenvalue weighted by molar-refractivity contribution is 7.80. The van der Waals surface area contributed by atoms with Crippen molar-refractivity contribution < 1.29 is 4.74 Å². The summed E-state index contributed by atoms with van der Waals surface area (Å²) in [6.45, 7) is 4.13. The molecule has 104 valence electrons. The van der Waals surface area contributed by atoms with Crippen LogP contribution in [0.1, 0.15) is 22.5 Å². The number of hydrogen-bond donors (Lipinski definition) is 1. The topological polar surface area (TPSA) is 48.1 Å². The van der Waals surface area contributed by atoms with Crippen molar-refractivity contribution in [1.82, 2.24) is 4.98 Å². The van der Waals surface area contributed by atoms with Crippen molar-refractivity contribution in [3.8, 4) is 5.75 Å². The highest BCUT2D eigenvalue weighted by atomic mass is 35.5. The molecule has 2 rings (SSSR count). The van der Waals surface area contributed by atoms with E-state index >= 15 is 0 Å². The molecule has 2 aromatic rings. The average Bonchev–Trinajstić information content (AvgIpc) is 2.36. The van der Waals surface area contributed by atoms with Crippen LogP contribution in [-0.2, 0) is 6.61 Å². The molecule has 0 atom stereocenters. The van der Waals surface area contributed by atoms with Crippen LogP contribution >= 0.6 is 23.8 Å². The largest absolute Gasteiger partial charge is 0.488 e. The van der Waals surface area contributed by atoms with Crippen LogP contribution in [0.4, 0.5) is 0 Å². The monoisotopic (exact) mass is 306 g/mol. The molecule has 3 nitrogen and oxygen atoms in total. The van der Waals surface area contributed by atoms with E-state index in [0.29, 0.717) is 22.9 Å². The van der Waals surface area contributed by atoms with Gasteiger partial charge in [0.25, 0.3) is 0 Å². The van der Waals surface area contributed by atoms with Crippen molar-refractivity contribution in [2.24, 2.45) is 5.73 Å². The van der Waals surface area contributed by atoms with Gasteiger partial charge in [-0.1, -0.05) is 42.0 Å². The van der Waals surface area contributed by atoms with Crippen molar-refractivity contribution in [3.05, 3.63) is 57.9 Å². The predicted octanol–water partition coefficient (Wildman–Crippen LogP) is 3.57. The summed E-state index contributed by atoms with van der Waals surface area (Å²) in [6, 6.07) is 9.38. The SMILES string of the molecule is Cc1cc(OCc2ccccc2Cl)c(C(N)=S)c(C)n1. The first-order valence-electron chi connectivity index (χ1n) is 6.13. The van der Waals surface area contributed by atoms with Gasteiger partial charge in [-0.25, -0.2) is 0 Å². The second-order valence-corrected chi connectivity index (χ2v) is 5.31. The van der Waals surface area contributed by atoms with Crippen molar-refractivity contribution in [2.45, 2.75) is 20.5 Å². The number of nitrogens with two attached hydrogens (primary N) is 1. The number of pyridine rings is 1. The van der Waals surface area contributed by atoms with Gasteiger partial charge in [-0.15, -0.1) is 0 Å². The molecule has 20 heavy (non-hydrogen) atoms. The number of halogens is 1. The Labute approximate surface area is 128 Å². The maximum Gasteiger partial charge on any atom is 0.133 e. The zero-order valence-electron chi connectivity index (χ0n) is 11.3. The zero-order valence-corrected chi connectivity index (χ0v) is 12.9. The van der Waals surface area contributed by atoms with E-state index in [4.69, 9.17) is 34.3 Å². The minimum Gasteiger partial charge on any atom is -0.488 e. The first-order valence-corrected chi connectivity index (χ1v) is 6.92. The van der Waals surface area contributed by atoms with Crippen LogP contribution in [0.2, 0.25) is 5.02 Å². The Hall–Kier alpha value is -1.65. The van der Waals surface area contributed by atoms with Gasteiger partial charge in [0.05, 0.1) is 11.3 Å². The molecule has 0 aliphatic rings. The zero-order chi connectivity index (χ0) is 14.7. The summed E-state index contributed by atoms with van der Waals surface area (Å²) in [6.07, 6.45) is 0. The van der Waals surface area contributed by atoms with Crippen LogP contribution in [-0.4, -0.2) is 9.97 Å².